The van der Waals surface area contributed by atoms with Gasteiger partial charge in [-0.15, -0.1) is 0 Å². The number of para-hydroxylation sites is 2. The van der Waals surface area contributed by atoms with Crippen molar-refractivity contribution in [2.75, 3.05) is 19.1 Å². The average molecular weight is 250 g/mol. The summed E-state index contributed by atoms with van der Waals surface area (Å²) in [6.07, 6.45) is 0. The molecule has 0 aliphatic heterocycles. The fourth-order valence-electron chi connectivity index (χ4n) is 1.60. The van der Waals surface area contributed by atoms with Gasteiger partial charge in [-0.2, -0.15) is 0 Å². The van der Waals surface area contributed by atoms with Crippen molar-refractivity contribution in [1.29, 1.82) is 0 Å². The summed E-state index contributed by atoms with van der Waals surface area (Å²) < 4.78 is 5.25. The van der Waals surface area contributed by atoms with E-state index in [0.29, 0.717) is 5.75 Å². The molecule has 4 nitrogen and oxygen atoms in total. The summed E-state index contributed by atoms with van der Waals surface area (Å²) >= 11 is 0. The summed E-state index contributed by atoms with van der Waals surface area (Å²) in [7, 11) is 3.30. The largest absolute Gasteiger partial charge is 0.495 e. The molecule has 0 saturated carbocycles. The van der Waals surface area contributed by atoms with Crippen molar-refractivity contribution in [1.82, 2.24) is 0 Å². The lowest BCUT2D eigenvalue weighted by atomic mass is 9.86. The van der Waals surface area contributed by atoms with E-state index in [9.17, 15) is 4.79 Å². The first-order valence-corrected chi connectivity index (χ1v) is 5.95. The van der Waals surface area contributed by atoms with E-state index in [1.165, 1.54) is 0 Å². The van der Waals surface area contributed by atoms with Crippen LogP contribution >= 0.6 is 0 Å². The molecular formula is C14H22N2O2. The fourth-order valence-corrected chi connectivity index (χ4v) is 1.60. The first-order chi connectivity index (χ1) is 8.29. The van der Waals surface area contributed by atoms with Gasteiger partial charge in [0.1, 0.15) is 5.75 Å². The zero-order chi connectivity index (χ0) is 13.9. The van der Waals surface area contributed by atoms with Crippen molar-refractivity contribution in [3.05, 3.63) is 24.3 Å². The van der Waals surface area contributed by atoms with E-state index in [-0.39, 0.29) is 11.3 Å². The normalized spacial score (nSPS) is 13.0. The smallest absolute Gasteiger partial charge is 0.244 e. The van der Waals surface area contributed by atoms with Crippen LogP contribution in [0.4, 0.5) is 5.69 Å². The van der Waals surface area contributed by atoms with Crippen LogP contribution in [0.1, 0.15) is 20.8 Å². The van der Waals surface area contributed by atoms with Crippen LogP contribution in [0.25, 0.3) is 0 Å². The topological polar surface area (TPSA) is 55.6 Å². The number of likely N-dealkylation sites (N-methyl/N-ethyl adjacent to an activating group) is 1. The molecule has 100 valence electrons. The Kier molecular flexibility index (Phi) is 4.35. The average Bonchev–Trinajstić information content (AvgIpc) is 2.34. The van der Waals surface area contributed by atoms with E-state index >= 15 is 0 Å². The number of carbonyl (C=O) groups is 1. The third-order valence-electron chi connectivity index (χ3n) is 2.98. The predicted molar refractivity (Wildman–Crippen MR) is 73.8 cm³/mol. The molecule has 1 rings (SSSR count). The van der Waals surface area contributed by atoms with Crippen LogP contribution in [-0.4, -0.2) is 26.1 Å². The van der Waals surface area contributed by atoms with E-state index in [1.54, 1.807) is 19.1 Å². The molecule has 1 amide bonds. The van der Waals surface area contributed by atoms with E-state index in [4.69, 9.17) is 10.5 Å². The lowest BCUT2D eigenvalue weighted by molar-refractivity contribution is -0.121. The van der Waals surface area contributed by atoms with Gasteiger partial charge in [0.05, 0.1) is 18.8 Å². The number of rotatable bonds is 3. The van der Waals surface area contributed by atoms with Crippen LogP contribution < -0.4 is 15.4 Å². The van der Waals surface area contributed by atoms with Gasteiger partial charge < -0.3 is 15.4 Å². The Morgan fingerprint density at radius 1 is 1.33 bits per heavy atom. The molecule has 4 heteroatoms. The van der Waals surface area contributed by atoms with Crippen LogP contribution in [0.5, 0.6) is 5.75 Å². The third kappa shape index (κ3) is 3.01. The van der Waals surface area contributed by atoms with Crippen LogP contribution in [0, 0.1) is 5.41 Å². The van der Waals surface area contributed by atoms with Crippen LogP contribution in [0.2, 0.25) is 0 Å². The Balaban J connectivity index is 3.00. The van der Waals surface area contributed by atoms with E-state index in [2.05, 4.69) is 0 Å². The minimum Gasteiger partial charge on any atom is -0.495 e. The van der Waals surface area contributed by atoms with Crippen molar-refractivity contribution in [2.24, 2.45) is 11.1 Å². The van der Waals surface area contributed by atoms with Crippen LogP contribution in [-0.2, 0) is 4.79 Å². The highest BCUT2D eigenvalue weighted by Gasteiger charge is 2.30. The molecule has 0 saturated heterocycles. The second kappa shape index (κ2) is 5.40. The van der Waals surface area contributed by atoms with Crippen molar-refractivity contribution in [3.63, 3.8) is 0 Å². The Labute approximate surface area is 109 Å². The lowest BCUT2D eigenvalue weighted by Gasteiger charge is -2.30. The maximum atomic E-state index is 12.3. The number of hydrogen-bond acceptors (Lipinski definition) is 3. The summed E-state index contributed by atoms with van der Waals surface area (Å²) in [6.45, 7) is 5.85. The number of amides is 1. The monoisotopic (exact) mass is 250 g/mol. The fraction of sp³-hybridized carbons (Fsp3) is 0.500. The van der Waals surface area contributed by atoms with Gasteiger partial charge in [0.15, 0.2) is 0 Å². The van der Waals surface area contributed by atoms with Crippen molar-refractivity contribution >= 4 is 11.6 Å². The second-order valence-corrected chi connectivity index (χ2v) is 5.41. The molecule has 1 atom stereocenters. The molecule has 0 fully saturated rings. The highest BCUT2D eigenvalue weighted by Crippen LogP contribution is 2.28. The molecule has 1 aromatic carbocycles. The van der Waals surface area contributed by atoms with E-state index < -0.39 is 6.04 Å². The third-order valence-corrected chi connectivity index (χ3v) is 2.98. The molecule has 18 heavy (non-hydrogen) atoms. The number of benzene rings is 1. The van der Waals surface area contributed by atoms with E-state index in [0.717, 1.165) is 5.69 Å². The van der Waals surface area contributed by atoms with Crippen LogP contribution in [0.3, 0.4) is 0 Å². The Bertz CT molecular complexity index is 424. The molecule has 0 aliphatic rings. The molecule has 0 radical (unpaired) electrons. The number of ether oxygens (including phenoxy) is 1. The molecule has 0 aliphatic carbocycles. The standard InChI is InChI=1S/C14H22N2O2/c1-14(2,3)12(15)13(17)16(4)10-8-6-7-9-11(10)18-5/h6-9,12H,15H2,1-5H3/t12-/m0/s1. The quantitative estimate of drug-likeness (QED) is 0.893. The lowest BCUT2D eigenvalue weighted by Crippen LogP contribution is -2.49. The van der Waals surface area contributed by atoms with Crippen molar-refractivity contribution in [3.8, 4) is 5.75 Å². The van der Waals surface area contributed by atoms with Gasteiger partial charge in [-0.25, -0.2) is 0 Å². The summed E-state index contributed by atoms with van der Waals surface area (Å²) in [4.78, 5) is 13.9. The molecular weight excluding hydrogens is 228 g/mol. The number of carbonyl (C=O) groups excluding carboxylic acids is 1. The zero-order valence-corrected chi connectivity index (χ0v) is 11.7. The predicted octanol–water partition coefficient (Wildman–Crippen LogP) is 2.03. The number of methoxy groups -OCH3 is 1. The number of anilines is 1. The van der Waals surface area contributed by atoms with Crippen molar-refractivity contribution < 1.29 is 9.53 Å². The summed E-state index contributed by atoms with van der Waals surface area (Å²) in [5, 5.41) is 0. The summed E-state index contributed by atoms with van der Waals surface area (Å²) in [6, 6.07) is 6.84. The minimum absolute atomic E-state index is 0.119. The number of nitrogens with two attached hydrogens (primary N) is 1. The first-order valence-electron chi connectivity index (χ1n) is 5.95. The molecule has 0 unspecified atom stereocenters. The van der Waals surface area contributed by atoms with Gasteiger partial charge in [-0.1, -0.05) is 32.9 Å². The molecule has 2 N–H and O–H groups in total. The van der Waals surface area contributed by atoms with Gasteiger partial charge in [-0.3, -0.25) is 4.79 Å². The number of hydrogen-bond donors (Lipinski definition) is 1. The molecule has 0 spiro atoms. The van der Waals surface area contributed by atoms with Gasteiger partial charge in [0.2, 0.25) is 5.91 Å². The first kappa shape index (κ1) is 14.5. The second-order valence-electron chi connectivity index (χ2n) is 5.41. The molecule has 0 heterocycles. The van der Waals surface area contributed by atoms with Gasteiger partial charge in [0.25, 0.3) is 0 Å². The van der Waals surface area contributed by atoms with E-state index in [1.807, 2.05) is 45.0 Å². The summed E-state index contributed by atoms with van der Waals surface area (Å²) in [5.74, 6) is 0.543. The Morgan fingerprint density at radius 2 is 1.89 bits per heavy atom. The van der Waals surface area contributed by atoms with Crippen molar-refractivity contribution in [2.45, 2.75) is 26.8 Å². The highest BCUT2D eigenvalue weighted by molar-refractivity contribution is 5.98. The highest BCUT2D eigenvalue weighted by atomic mass is 16.5. The maximum Gasteiger partial charge on any atom is 0.244 e. The zero-order valence-electron chi connectivity index (χ0n) is 11.7. The maximum absolute atomic E-state index is 12.3. The molecule has 1 aromatic rings. The van der Waals surface area contributed by atoms with Gasteiger partial charge in [0, 0.05) is 7.05 Å². The molecule has 0 aromatic heterocycles. The number of nitrogens with zero attached hydrogens (tertiary/aromatic N) is 1. The molecule has 0 bridgehead atoms. The van der Waals surface area contributed by atoms with Gasteiger partial charge in [-0.05, 0) is 17.5 Å². The minimum atomic E-state index is -0.549. The van der Waals surface area contributed by atoms with Crippen LogP contribution in [0.15, 0.2) is 24.3 Å². The Morgan fingerprint density at radius 3 is 2.39 bits per heavy atom. The Hall–Kier alpha value is -1.55. The SMILES string of the molecule is COc1ccccc1N(C)C(=O)[C@H](N)C(C)(C)C. The van der Waals surface area contributed by atoms with Gasteiger partial charge >= 0.3 is 0 Å². The summed E-state index contributed by atoms with van der Waals surface area (Å²) in [5.41, 5.74) is 6.45.